The van der Waals surface area contributed by atoms with E-state index in [1.165, 1.54) is 12.7 Å². The molecule has 0 radical (unpaired) electrons. The van der Waals surface area contributed by atoms with Crippen molar-refractivity contribution in [3.63, 3.8) is 0 Å². The molecular formula is C18H19NO3. The van der Waals surface area contributed by atoms with Crippen LogP contribution in [0.3, 0.4) is 0 Å². The van der Waals surface area contributed by atoms with Crippen molar-refractivity contribution in [2.45, 2.75) is 12.3 Å². The number of fused-ring (bicyclic) bond motifs is 1. The molecule has 2 N–H and O–H groups in total. The molecule has 0 aliphatic carbocycles. The van der Waals surface area contributed by atoms with Crippen molar-refractivity contribution in [3.05, 3.63) is 64.7 Å². The fourth-order valence-electron chi connectivity index (χ4n) is 3.08. The third-order valence-corrected chi connectivity index (χ3v) is 4.19. The summed E-state index contributed by atoms with van der Waals surface area (Å²) < 4.78 is 5.30. The van der Waals surface area contributed by atoms with Crippen LogP contribution in [0.4, 0.5) is 0 Å². The number of hydrogen-bond acceptors (Lipinski definition) is 3. The van der Waals surface area contributed by atoms with E-state index in [0.717, 1.165) is 30.6 Å². The van der Waals surface area contributed by atoms with Gasteiger partial charge in [-0.15, -0.1) is 0 Å². The number of carboxylic acids is 1. The van der Waals surface area contributed by atoms with Gasteiger partial charge in [-0.2, -0.15) is 0 Å². The van der Waals surface area contributed by atoms with Crippen LogP contribution in [0, 0.1) is 0 Å². The highest BCUT2D eigenvalue weighted by Crippen LogP contribution is 2.34. The largest absolute Gasteiger partial charge is 0.496 e. The van der Waals surface area contributed by atoms with Crippen LogP contribution in [0.1, 0.15) is 33.0 Å². The van der Waals surface area contributed by atoms with Crippen molar-refractivity contribution >= 4 is 5.97 Å². The van der Waals surface area contributed by atoms with E-state index < -0.39 is 5.97 Å². The first-order valence-corrected chi connectivity index (χ1v) is 7.40. The molecule has 1 aliphatic heterocycles. The van der Waals surface area contributed by atoms with E-state index in [-0.39, 0.29) is 11.5 Å². The third-order valence-electron chi connectivity index (χ3n) is 4.19. The number of carbonyl (C=O) groups is 1. The molecule has 22 heavy (non-hydrogen) atoms. The summed E-state index contributed by atoms with van der Waals surface area (Å²) in [5.41, 5.74) is 3.69. The van der Waals surface area contributed by atoms with E-state index in [4.69, 9.17) is 4.74 Å². The van der Waals surface area contributed by atoms with Gasteiger partial charge in [0.1, 0.15) is 11.3 Å². The Hall–Kier alpha value is -2.33. The van der Waals surface area contributed by atoms with Crippen molar-refractivity contribution in [1.29, 1.82) is 0 Å². The van der Waals surface area contributed by atoms with E-state index in [9.17, 15) is 9.90 Å². The Morgan fingerprint density at radius 1 is 1.27 bits per heavy atom. The van der Waals surface area contributed by atoms with Crippen LogP contribution in [0.2, 0.25) is 0 Å². The Morgan fingerprint density at radius 2 is 2.05 bits per heavy atom. The van der Waals surface area contributed by atoms with Gasteiger partial charge >= 0.3 is 5.97 Å². The highest BCUT2D eigenvalue weighted by Gasteiger charge is 2.24. The van der Waals surface area contributed by atoms with Crippen molar-refractivity contribution in [3.8, 4) is 5.75 Å². The highest BCUT2D eigenvalue weighted by molar-refractivity contribution is 5.91. The topological polar surface area (TPSA) is 58.6 Å². The van der Waals surface area contributed by atoms with Gasteiger partial charge in [0.2, 0.25) is 0 Å². The van der Waals surface area contributed by atoms with Gasteiger partial charge in [-0.1, -0.05) is 30.3 Å². The average Bonchev–Trinajstić information content (AvgIpc) is 2.76. The minimum Gasteiger partial charge on any atom is -0.496 e. The maximum Gasteiger partial charge on any atom is 0.339 e. The summed E-state index contributed by atoms with van der Waals surface area (Å²) in [6.07, 6.45) is 0.822. The summed E-state index contributed by atoms with van der Waals surface area (Å²) in [6, 6.07) is 13.9. The Labute approximate surface area is 129 Å². The molecular weight excluding hydrogens is 278 g/mol. The van der Waals surface area contributed by atoms with Crippen LogP contribution in [0.25, 0.3) is 0 Å². The quantitative estimate of drug-likeness (QED) is 0.914. The molecule has 0 aromatic heterocycles. The van der Waals surface area contributed by atoms with Gasteiger partial charge in [0.15, 0.2) is 0 Å². The molecule has 1 unspecified atom stereocenters. The molecule has 0 spiro atoms. The summed E-state index contributed by atoms with van der Waals surface area (Å²) in [5.74, 6) is -0.322. The Morgan fingerprint density at radius 3 is 2.73 bits per heavy atom. The molecule has 4 heteroatoms. The van der Waals surface area contributed by atoms with Crippen LogP contribution in [0.15, 0.2) is 42.5 Å². The van der Waals surface area contributed by atoms with Crippen LogP contribution in [0.5, 0.6) is 5.75 Å². The predicted octanol–water partition coefficient (Wildman–Crippen LogP) is 2.67. The second-order valence-electron chi connectivity index (χ2n) is 5.47. The maximum atomic E-state index is 11.4. The lowest BCUT2D eigenvalue weighted by atomic mass is 9.87. The molecule has 1 heterocycles. The summed E-state index contributed by atoms with van der Waals surface area (Å²) in [5, 5.41) is 12.8. The Kier molecular flexibility index (Phi) is 4.11. The fourth-order valence-corrected chi connectivity index (χ4v) is 3.08. The highest BCUT2D eigenvalue weighted by atomic mass is 16.5. The molecule has 4 nitrogen and oxygen atoms in total. The molecule has 0 bridgehead atoms. The summed E-state index contributed by atoms with van der Waals surface area (Å²) in [7, 11) is 1.51. The maximum absolute atomic E-state index is 11.4. The monoisotopic (exact) mass is 297 g/mol. The van der Waals surface area contributed by atoms with Gasteiger partial charge < -0.3 is 15.2 Å². The number of benzene rings is 2. The van der Waals surface area contributed by atoms with Crippen molar-refractivity contribution in [2.24, 2.45) is 0 Å². The van der Waals surface area contributed by atoms with E-state index in [1.54, 1.807) is 6.07 Å². The number of methoxy groups -OCH3 is 1. The summed E-state index contributed by atoms with van der Waals surface area (Å²) in [4.78, 5) is 11.4. The molecule has 114 valence electrons. The van der Waals surface area contributed by atoms with Gasteiger partial charge in [-0.05, 0) is 41.8 Å². The van der Waals surface area contributed by atoms with E-state index >= 15 is 0 Å². The zero-order valence-electron chi connectivity index (χ0n) is 12.5. The number of rotatable bonds is 3. The third kappa shape index (κ3) is 2.70. The van der Waals surface area contributed by atoms with E-state index in [0.29, 0.717) is 5.75 Å². The zero-order valence-corrected chi connectivity index (χ0v) is 12.5. The number of nitrogens with one attached hydrogen (secondary N) is 1. The van der Waals surface area contributed by atoms with E-state index in [1.807, 2.05) is 24.3 Å². The molecule has 0 fully saturated rings. The summed E-state index contributed by atoms with van der Waals surface area (Å²) in [6.45, 7) is 1.69. The van der Waals surface area contributed by atoms with Gasteiger partial charge in [0.25, 0.3) is 0 Å². The lowest BCUT2D eigenvalue weighted by Gasteiger charge is -2.20. The lowest BCUT2D eigenvalue weighted by Crippen LogP contribution is -2.20. The molecule has 0 saturated carbocycles. The number of hydrogen-bond donors (Lipinski definition) is 2. The second kappa shape index (κ2) is 6.20. The average molecular weight is 297 g/mol. The van der Waals surface area contributed by atoms with Crippen LogP contribution in [-0.4, -0.2) is 31.3 Å². The van der Waals surface area contributed by atoms with Gasteiger partial charge in [0, 0.05) is 12.5 Å². The normalized spacial score (nSPS) is 17.4. The van der Waals surface area contributed by atoms with Crippen molar-refractivity contribution in [2.75, 3.05) is 20.2 Å². The molecule has 2 aromatic carbocycles. The lowest BCUT2D eigenvalue weighted by molar-refractivity contribution is 0.0693. The zero-order chi connectivity index (χ0) is 15.5. The van der Waals surface area contributed by atoms with Crippen LogP contribution in [-0.2, 0) is 6.42 Å². The number of ether oxygens (including phenoxy) is 1. The molecule has 0 amide bonds. The SMILES string of the molecule is COc1cc2c(cc1C(=O)O)CCNCC2c1ccccc1. The summed E-state index contributed by atoms with van der Waals surface area (Å²) >= 11 is 0. The van der Waals surface area contributed by atoms with Crippen molar-refractivity contribution < 1.29 is 14.6 Å². The minimum atomic E-state index is -0.951. The molecule has 2 aromatic rings. The van der Waals surface area contributed by atoms with Crippen LogP contribution < -0.4 is 10.1 Å². The van der Waals surface area contributed by atoms with Crippen LogP contribution >= 0.6 is 0 Å². The van der Waals surface area contributed by atoms with E-state index in [2.05, 4.69) is 17.4 Å². The Balaban J connectivity index is 2.14. The first-order chi connectivity index (χ1) is 10.7. The Bertz CT molecular complexity index is 682. The molecule has 3 rings (SSSR count). The second-order valence-corrected chi connectivity index (χ2v) is 5.47. The number of aromatic carboxylic acids is 1. The predicted molar refractivity (Wildman–Crippen MR) is 84.8 cm³/mol. The first-order valence-electron chi connectivity index (χ1n) is 7.40. The van der Waals surface area contributed by atoms with Gasteiger partial charge in [-0.3, -0.25) is 0 Å². The van der Waals surface area contributed by atoms with Gasteiger partial charge in [-0.25, -0.2) is 4.79 Å². The fraction of sp³-hybridized carbons (Fsp3) is 0.278. The van der Waals surface area contributed by atoms with Crippen molar-refractivity contribution in [1.82, 2.24) is 5.32 Å². The smallest absolute Gasteiger partial charge is 0.339 e. The first kappa shape index (κ1) is 14.6. The standard InChI is InChI=1S/C18H19NO3/c1-22-17-10-14-13(9-15(17)18(20)21)7-8-19-11-16(14)12-5-3-2-4-6-12/h2-6,9-10,16,19H,7-8,11H2,1H3,(H,20,21). The minimum absolute atomic E-state index is 0.204. The molecule has 1 aliphatic rings. The number of carboxylic acid groups (broad SMARTS) is 1. The molecule has 0 saturated heterocycles. The molecule has 1 atom stereocenters. The van der Waals surface area contributed by atoms with Gasteiger partial charge in [0.05, 0.1) is 7.11 Å².